The van der Waals surface area contributed by atoms with Crippen molar-refractivity contribution >= 4 is 43.9 Å². The molecule has 0 N–H and O–H groups in total. The fourth-order valence-corrected chi connectivity index (χ4v) is 8.13. The number of nitrogens with zero attached hydrogens (tertiary/aromatic N) is 6. The lowest BCUT2D eigenvalue weighted by atomic mass is 10.0. The van der Waals surface area contributed by atoms with E-state index in [2.05, 4.69) is 166 Å². The van der Waals surface area contributed by atoms with Gasteiger partial charge in [-0.1, -0.05) is 91.0 Å². The van der Waals surface area contributed by atoms with Gasteiger partial charge in [-0.15, -0.1) is 13.2 Å². The van der Waals surface area contributed by atoms with Crippen molar-refractivity contribution in [3.8, 4) is 55.9 Å². The van der Waals surface area contributed by atoms with Gasteiger partial charge in [-0.2, -0.15) is 0 Å². The van der Waals surface area contributed by atoms with E-state index in [0.29, 0.717) is 0 Å². The zero-order valence-corrected chi connectivity index (χ0v) is 34.7. The van der Waals surface area contributed by atoms with Gasteiger partial charge in [0.05, 0.1) is 33.1 Å². The van der Waals surface area contributed by atoms with Gasteiger partial charge in [0.25, 0.3) is 0 Å². The zero-order chi connectivity index (χ0) is 42.4. The molecule has 0 atom stereocenters. The van der Waals surface area contributed by atoms with Gasteiger partial charge in [-0.05, 0) is 115 Å². The van der Waals surface area contributed by atoms with E-state index in [1.165, 1.54) is 0 Å². The molecule has 298 valence electrons. The maximum absolute atomic E-state index is 4.91. The largest absolute Gasteiger partial charge is 0.308 e. The maximum Gasteiger partial charge on any atom is 0.0963 e. The standard InChI is InChI=1S/C50H32N6.2C3H6/c1-3-10-33(11-4-1)37-24-39(31-51-29-37)35-18-20-45-43(26-35)49-47(16-8-22-53-49)55(45)41-14-7-15-42(28-41)56-46-21-19-36(27-44(46)50-48(56)17-9-23-54-50)40-25-38(30-52-32-40)34-12-5-2-6-13-34;2*1-3-2/h1-32H;2*3H,1H2,2H3. The fourth-order valence-electron chi connectivity index (χ4n) is 8.13. The van der Waals surface area contributed by atoms with Crippen LogP contribution >= 0.6 is 0 Å². The van der Waals surface area contributed by atoms with Crippen molar-refractivity contribution in [1.82, 2.24) is 29.1 Å². The Balaban J connectivity index is 0.000000775. The lowest BCUT2D eigenvalue weighted by Gasteiger charge is -2.13. The van der Waals surface area contributed by atoms with Crippen LogP contribution in [0.25, 0.3) is 99.8 Å². The third-order valence-corrected chi connectivity index (χ3v) is 10.7. The van der Waals surface area contributed by atoms with Gasteiger partial charge in [0.15, 0.2) is 0 Å². The summed E-state index contributed by atoms with van der Waals surface area (Å²) >= 11 is 0. The smallest absolute Gasteiger partial charge is 0.0963 e. The molecule has 0 aliphatic rings. The van der Waals surface area contributed by atoms with Crippen molar-refractivity contribution < 1.29 is 0 Å². The molecule has 0 saturated heterocycles. The summed E-state index contributed by atoms with van der Waals surface area (Å²) in [6.45, 7) is 10.5. The van der Waals surface area contributed by atoms with Crippen molar-refractivity contribution in [2.24, 2.45) is 0 Å². The molecule has 11 aromatic rings. The summed E-state index contributed by atoms with van der Waals surface area (Å²) in [6.07, 6.45) is 15.0. The molecule has 0 saturated carbocycles. The fraction of sp³-hybridized carbons (Fsp3) is 0.0357. The number of pyridine rings is 4. The first-order valence-corrected chi connectivity index (χ1v) is 20.6. The molecule has 6 heteroatoms. The van der Waals surface area contributed by atoms with Gasteiger partial charge in [-0.25, -0.2) is 0 Å². The summed E-state index contributed by atoms with van der Waals surface area (Å²) in [5.74, 6) is 0. The summed E-state index contributed by atoms with van der Waals surface area (Å²) < 4.78 is 4.64. The molecular formula is C56H44N6. The number of benzene rings is 5. The second kappa shape index (κ2) is 17.6. The monoisotopic (exact) mass is 800 g/mol. The van der Waals surface area contributed by atoms with E-state index in [4.69, 9.17) is 9.97 Å². The Kier molecular flexibility index (Phi) is 11.1. The molecule has 6 nitrogen and oxygen atoms in total. The Morgan fingerprint density at radius 3 is 1.19 bits per heavy atom. The number of allylic oxidation sites excluding steroid dienone is 2. The number of hydrogen-bond donors (Lipinski definition) is 0. The van der Waals surface area contributed by atoms with Crippen LogP contribution in [0.1, 0.15) is 13.8 Å². The number of fused-ring (bicyclic) bond motifs is 6. The molecule has 5 aromatic carbocycles. The second-order valence-electron chi connectivity index (χ2n) is 14.9. The molecule has 0 aliphatic heterocycles. The van der Waals surface area contributed by atoms with Crippen molar-refractivity contribution in [1.29, 1.82) is 0 Å². The minimum Gasteiger partial charge on any atom is -0.308 e. The molecule has 0 amide bonds. The molecule has 6 heterocycles. The molecule has 0 aliphatic carbocycles. The molecule has 0 fully saturated rings. The maximum atomic E-state index is 4.91. The van der Waals surface area contributed by atoms with E-state index in [1.54, 1.807) is 12.2 Å². The van der Waals surface area contributed by atoms with Gasteiger partial charge < -0.3 is 9.13 Å². The van der Waals surface area contributed by atoms with Crippen molar-refractivity contribution in [2.75, 3.05) is 0 Å². The quantitative estimate of drug-likeness (QED) is 0.157. The highest BCUT2D eigenvalue weighted by molar-refractivity contribution is 6.10. The summed E-state index contributed by atoms with van der Waals surface area (Å²) in [5.41, 5.74) is 17.1. The van der Waals surface area contributed by atoms with Gasteiger partial charge >= 0.3 is 0 Å². The highest BCUT2D eigenvalue weighted by atomic mass is 15.0. The van der Waals surface area contributed by atoms with E-state index in [1.807, 2.05) is 75.3 Å². The molecule has 0 radical (unpaired) electrons. The molecule has 0 unspecified atom stereocenters. The Bertz CT molecular complexity index is 3140. The topological polar surface area (TPSA) is 61.4 Å². The van der Waals surface area contributed by atoms with Crippen LogP contribution < -0.4 is 0 Å². The predicted molar refractivity (Wildman–Crippen MR) is 260 cm³/mol. The van der Waals surface area contributed by atoms with Gasteiger partial charge in [0.2, 0.25) is 0 Å². The summed E-state index contributed by atoms with van der Waals surface area (Å²) in [6, 6.07) is 55.6. The molecule has 11 rings (SSSR count). The van der Waals surface area contributed by atoms with Gasteiger partial charge in [0.1, 0.15) is 0 Å². The van der Waals surface area contributed by atoms with E-state index >= 15 is 0 Å². The Labute approximate surface area is 361 Å². The Morgan fingerprint density at radius 2 is 0.774 bits per heavy atom. The van der Waals surface area contributed by atoms with Crippen molar-refractivity contribution in [3.05, 3.63) is 220 Å². The van der Waals surface area contributed by atoms with Crippen LogP contribution in [0.4, 0.5) is 0 Å². The van der Waals surface area contributed by atoms with Crippen molar-refractivity contribution in [3.63, 3.8) is 0 Å². The van der Waals surface area contributed by atoms with Crippen molar-refractivity contribution in [2.45, 2.75) is 13.8 Å². The van der Waals surface area contributed by atoms with Crippen LogP contribution in [0, 0.1) is 0 Å². The molecule has 0 bridgehead atoms. The van der Waals surface area contributed by atoms with E-state index < -0.39 is 0 Å². The number of aromatic nitrogens is 6. The number of hydrogen-bond acceptors (Lipinski definition) is 4. The average molecular weight is 801 g/mol. The van der Waals surface area contributed by atoms with Crippen LogP contribution in [-0.4, -0.2) is 29.1 Å². The minimum atomic E-state index is 0.960. The molecule has 0 spiro atoms. The third-order valence-electron chi connectivity index (χ3n) is 10.7. The number of rotatable bonds is 6. The van der Waals surface area contributed by atoms with Gasteiger partial charge in [-0.3, -0.25) is 19.9 Å². The first-order valence-electron chi connectivity index (χ1n) is 20.6. The first kappa shape index (κ1) is 39.3. The highest BCUT2D eigenvalue weighted by Gasteiger charge is 2.18. The third kappa shape index (κ3) is 7.46. The van der Waals surface area contributed by atoms with Crippen LogP contribution in [0.5, 0.6) is 0 Å². The van der Waals surface area contributed by atoms with E-state index in [0.717, 1.165) is 99.8 Å². The lowest BCUT2D eigenvalue weighted by Crippen LogP contribution is -1.98. The molecule has 6 aromatic heterocycles. The molecule has 62 heavy (non-hydrogen) atoms. The van der Waals surface area contributed by atoms with Crippen LogP contribution in [0.3, 0.4) is 0 Å². The Morgan fingerprint density at radius 1 is 0.371 bits per heavy atom. The zero-order valence-electron chi connectivity index (χ0n) is 34.7. The van der Waals surface area contributed by atoms with Crippen LogP contribution in [0.2, 0.25) is 0 Å². The van der Waals surface area contributed by atoms with E-state index in [9.17, 15) is 0 Å². The SMILES string of the molecule is C=CC.C=CC.c1ccc(-c2cncc(-c3ccc4c(c3)c3ncccc3n4-c3cccc(-n4c5ccc(-c6cncc(-c7ccccc7)c6)cc5c5ncccc54)c3)c2)cc1. The molecular weight excluding hydrogens is 757 g/mol. The predicted octanol–water partition coefficient (Wildman–Crippen LogP) is 14.5. The first-order chi connectivity index (χ1) is 30.6. The average Bonchev–Trinajstić information content (AvgIpc) is 3.85. The van der Waals surface area contributed by atoms with E-state index in [-0.39, 0.29) is 0 Å². The normalized spacial score (nSPS) is 10.9. The van der Waals surface area contributed by atoms with Crippen LogP contribution in [-0.2, 0) is 0 Å². The highest BCUT2D eigenvalue weighted by Crippen LogP contribution is 2.38. The second-order valence-corrected chi connectivity index (χ2v) is 14.9. The Hall–Kier alpha value is -8.22. The van der Waals surface area contributed by atoms with Gasteiger partial charge in [0, 0.05) is 81.6 Å². The van der Waals surface area contributed by atoms with Crippen LogP contribution in [0.15, 0.2) is 220 Å². The lowest BCUT2D eigenvalue weighted by molar-refractivity contribution is 1.13. The summed E-state index contributed by atoms with van der Waals surface area (Å²) in [5, 5.41) is 2.18. The summed E-state index contributed by atoms with van der Waals surface area (Å²) in [7, 11) is 0. The minimum absolute atomic E-state index is 0.960. The summed E-state index contributed by atoms with van der Waals surface area (Å²) in [4.78, 5) is 19.1.